The highest BCUT2D eigenvalue weighted by Crippen LogP contribution is 2.36. The van der Waals surface area contributed by atoms with Crippen molar-refractivity contribution in [2.45, 2.75) is 31.5 Å². The largest absolute Gasteiger partial charge is 0.418 e. The number of alkyl halides is 3. The molecule has 2 aromatic carbocycles. The number of hydrogen-bond donors (Lipinski definition) is 1. The first-order valence-electron chi connectivity index (χ1n) is 10.5. The summed E-state index contributed by atoms with van der Waals surface area (Å²) in [6, 6.07) is 11.1. The lowest BCUT2D eigenvalue weighted by Crippen LogP contribution is -2.41. The molecule has 0 atom stereocenters. The first-order valence-corrected chi connectivity index (χ1v) is 10.5. The molecule has 32 heavy (non-hydrogen) atoms. The predicted molar refractivity (Wildman–Crippen MR) is 117 cm³/mol. The van der Waals surface area contributed by atoms with Crippen LogP contribution in [0.4, 0.5) is 18.9 Å². The molecule has 1 aromatic heterocycles. The minimum absolute atomic E-state index is 0.0247. The summed E-state index contributed by atoms with van der Waals surface area (Å²) in [5, 5.41) is 0. The number of fused-ring (bicyclic) bond motifs is 1. The molecule has 0 spiro atoms. The number of nitrogens with one attached hydrogen (secondary N) is 1. The fraction of sp³-hybridized carbons (Fsp3) is 0.391. The topological polar surface area (TPSA) is 61.3 Å². The third-order valence-electron chi connectivity index (χ3n) is 6.03. The van der Waals surface area contributed by atoms with Crippen LogP contribution in [0.1, 0.15) is 30.0 Å². The predicted octanol–water partition coefficient (Wildman–Crippen LogP) is 3.82. The van der Waals surface area contributed by atoms with Gasteiger partial charge in [0.25, 0.3) is 0 Å². The molecule has 6 nitrogen and oxygen atoms in total. The number of rotatable bonds is 4. The number of nitrogens with zero attached hydrogens (tertiary/aromatic N) is 3. The number of carbonyl (C=O) groups excluding carboxylic acids is 1. The second-order valence-electron chi connectivity index (χ2n) is 8.35. The van der Waals surface area contributed by atoms with E-state index in [0.717, 1.165) is 17.3 Å². The minimum atomic E-state index is -4.56. The van der Waals surface area contributed by atoms with E-state index in [-0.39, 0.29) is 23.4 Å². The Balaban J connectivity index is 1.48. The minimum Gasteiger partial charge on any atom is -0.378 e. The van der Waals surface area contributed by atoms with E-state index in [1.165, 1.54) is 16.7 Å². The number of benzene rings is 2. The van der Waals surface area contributed by atoms with Gasteiger partial charge in [0, 0.05) is 38.9 Å². The quantitative estimate of drug-likeness (QED) is 0.663. The number of anilines is 1. The Morgan fingerprint density at radius 2 is 1.75 bits per heavy atom. The molecule has 1 amide bonds. The maximum atomic E-state index is 13.5. The van der Waals surface area contributed by atoms with Gasteiger partial charge in [-0.2, -0.15) is 13.2 Å². The van der Waals surface area contributed by atoms with E-state index in [1.807, 2.05) is 43.3 Å². The molecule has 1 saturated heterocycles. The molecule has 1 N–H and O–H groups in total. The fourth-order valence-electron chi connectivity index (χ4n) is 4.33. The Hall–Kier alpha value is -3.23. The van der Waals surface area contributed by atoms with Crippen LogP contribution in [0.2, 0.25) is 0 Å². The van der Waals surface area contributed by atoms with Gasteiger partial charge in [0.05, 0.1) is 23.0 Å². The third-order valence-corrected chi connectivity index (χ3v) is 6.03. The average molecular weight is 446 g/mol. The molecular formula is C23H25F3N4O2. The highest BCUT2D eigenvalue weighted by molar-refractivity contribution is 5.80. The van der Waals surface area contributed by atoms with E-state index < -0.39 is 23.5 Å². The lowest BCUT2D eigenvalue weighted by atomic mass is 10.0. The van der Waals surface area contributed by atoms with Crippen LogP contribution in [0.15, 0.2) is 47.3 Å². The third kappa shape index (κ3) is 4.24. The molecule has 0 unspecified atom stereocenters. The van der Waals surface area contributed by atoms with E-state index >= 15 is 0 Å². The summed E-state index contributed by atoms with van der Waals surface area (Å²) in [6.07, 6.45) is -3.45. The van der Waals surface area contributed by atoms with Gasteiger partial charge in [-0.1, -0.05) is 18.2 Å². The number of aromatic amines is 1. The molecule has 2 heterocycles. The van der Waals surface area contributed by atoms with Gasteiger partial charge < -0.3 is 14.8 Å². The van der Waals surface area contributed by atoms with Gasteiger partial charge >= 0.3 is 11.9 Å². The van der Waals surface area contributed by atoms with E-state index in [4.69, 9.17) is 0 Å². The number of piperidine rings is 1. The molecular weight excluding hydrogens is 421 g/mol. The van der Waals surface area contributed by atoms with Crippen LogP contribution in [-0.2, 0) is 17.4 Å². The number of likely N-dealkylation sites (tertiary alicyclic amines) is 1. The van der Waals surface area contributed by atoms with Crippen LogP contribution in [0, 0.1) is 0 Å². The molecule has 3 aromatic rings. The number of amides is 1. The first-order chi connectivity index (χ1) is 15.1. The Bertz CT molecular complexity index is 1170. The van der Waals surface area contributed by atoms with Crippen molar-refractivity contribution in [2.75, 3.05) is 32.1 Å². The van der Waals surface area contributed by atoms with Crippen LogP contribution in [0.3, 0.4) is 0 Å². The number of hydrogen-bond acceptors (Lipinski definition) is 3. The monoisotopic (exact) mass is 446 g/mol. The van der Waals surface area contributed by atoms with Crippen LogP contribution in [0.5, 0.6) is 0 Å². The van der Waals surface area contributed by atoms with Crippen molar-refractivity contribution in [1.29, 1.82) is 0 Å². The Morgan fingerprint density at radius 1 is 1.09 bits per heavy atom. The summed E-state index contributed by atoms with van der Waals surface area (Å²) < 4.78 is 41.8. The summed E-state index contributed by atoms with van der Waals surface area (Å²) in [4.78, 5) is 31.5. The zero-order valence-electron chi connectivity index (χ0n) is 17.9. The zero-order valence-corrected chi connectivity index (χ0v) is 17.9. The summed E-state index contributed by atoms with van der Waals surface area (Å²) >= 11 is 0. The van der Waals surface area contributed by atoms with Crippen LogP contribution in [0.25, 0.3) is 11.0 Å². The lowest BCUT2D eigenvalue weighted by molar-refractivity contribution is -0.136. The number of aromatic nitrogens is 2. The molecule has 170 valence electrons. The van der Waals surface area contributed by atoms with Crippen molar-refractivity contribution >= 4 is 22.6 Å². The molecule has 1 aliphatic heterocycles. The molecule has 0 saturated carbocycles. The van der Waals surface area contributed by atoms with E-state index in [2.05, 4.69) is 4.98 Å². The molecule has 0 aliphatic carbocycles. The number of H-pyrrole nitrogens is 1. The number of carbonyl (C=O) groups is 1. The summed E-state index contributed by atoms with van der Waals surface area (Å²) in [5.74, 6) is -0.0247. The number of halogens is 3. The van der Waals surface area contributed by atoms with Crippen LogP contribution in [-0.4, -0.2) is 47.5 Å². The van der Waals surface area contributed by atoms with Crippen molar-refractivity contribution in [3.05, 3.63) is 64.1 Å². The normalized spacial score (nSPS) is 15.3. The van der Waals surface area contributed by atoms with Crippen molar-refractivity contribution in [3.63, 3.8) is 0 Å². The fourth-order valence-corrected chi connectivity index (χ4v) is 4.33. The second-order valence-corrected chi connectivity index (χ2v) is 8.35. The second kappa shape index (κ2) is 8.37. The van der Waals surface area contributed by atoms with Gasteiger partial charge in [0.15, 0.2) is 0 Å². The van der Waals surface area contributed by atoms with Gasteiger partial charge in [0.1, 0.15) is 0 Å². The maximum absolute atomic E-state index is 13.5. The standard InChI is InChI=1S/C23H25F3N4O2/c1-28(2)16-8-6-15(7-9-16)14-20(31)29-12-10-17(11-13-29)30-21-18(23(24,25)26)4-3-5-19(21)27-22(30)32/h3-9,17H,10-14H2,1-2H3,(H,27,32). The Kier molecular flexibility index (Phi) is 5.75. The van der Waals surface area contributed by atoms with Crippen LogP contribution >= 0.6 is 0 Å². The van der Waals surface area contributed by atoms with E-state index in [1.54, 1.807) is 4.90 Å². The molecule has 0 radical (unpaired) electrons. The van der Waals surface area contributed by atoms with Crippen molar-refractivity contribution < 1.29 is 18.0 Å². The Labute approximate surface area is 183 Å². The first kappa shape index (κ1) is 22.0. The lowest BCUT2D eigenvalue weighted by Gasteiger charge is -2.33. The van der Waals surface area contributed by atoms with Crippen LogP contribution < -0.4 is 10.6 Å². The van der Waals surface area contributed by atoms with Gasteiger partial charge in [0.2, 0.25) is 5.91 Å². The molecule has 0 bridgehead atoms. The van der Waals surface area contributed by atoms with Gasteiger partial charge in [-0.05, 0) is 42.7 Å². The average Bonchev–Trinajstić information content (AvgIpc) is 3.09. The van der Waals surface area contributed by atoms with E-state index in [9.17, 15) is 22.8 Å². The van der Waals surface area contributed by atoms with Crippen molar-refractivity contribution in [1.82, 2.24) is 14.5 Å². The summed E-state index contributed by atoms with van der Waals surface area (Å²) in [6.45, 7) is 0.791. The Morgan fingerprint density at radius 3 is 2.34 bits per heavy atom. The van der Waals surface area contributed by atoms with Crippen molar-refractivity contribution in [2.24, 2.45) is 0 Å². The van der Waals surface area contributed by atoms with E-state index in [0.29, 0.717) is 25.9 Å². The molecule has 1 aliphatic rings. The number of para-hydroxylation sites is 1. The maximum Gasteiger partial charge on any atom is 0.418 e. The number of imidazole rings is 1. The molecule has 1 fully saturated rings. The zero-order chi connectivity index (χ0) is 23.0. The van der Waals surface area contributed by atoms with Crippen molar-refractivity contribution in [3.8, 4) is 0 Å². The summed E-state index contributed by atoms with van der Waals surface area (Å²) in [7, 11) is 3.89. The highest BCUT2D eigenvalue weighted by Gasteiger charge is 2.36. The van der Waals surface area contributed by atoms with Gasteiger partial charge in [-0.3, -0.25) is 9.36 Å². The summed E-state index contributed by atoms with van der Waals surface area (Å²) in [5.41, 5.74) is 0.630. The molecule has 4 rings (SSSR count). The molecule has 9 heteroatoms. The highest BCUT2D eigenvalue weighted by atomic mass is 19.4. The van der Waals surface area contributed by atoms with Gasteiger partial charge in [-0.25, -0.2) is 4.79 Å². The smallest absolute Gasteiger partial charge is 0.378 e. The SMILES string of the molecule is CN(C)c1ccc(CC(=O)N2CCC(n3c(=O)[nH]c4cccc(C(F)(F)F)c43)CC2)cc1. The van der Waals surface area contributed by atoms with Gasteiger partial charge in [-0.15, -0.1) is 0 Å².